The summed E-state index contributed by atoms with van der Waals surface area (Å²) < 4.78 is 14.5. The molecular formula is C22H23NO7. The molecule has 0 fully saturated rings. The molecule has 0 unspecified atom stereocenters. The van der Waals surface area contributed by atoms with Gasteiger partial charge in [0, 0.05) is 0 Å². The first-order chi connectivity index (χ1) is 14.4. The molecule has 158 valence electrons. The Kier molecular flexibility index (Phi) is 8.10. The van der Waals surface area contributed by atoms with Gasteiger partial charge >= 0.3 is 17.9 Å². The minimum atomic E-state index is -0.700. The maximum Gasteiger partial charge on any atom is 0.339 e. The molecule has 2 aromatic rings. The molecule has 2 rings (SSSR count). The summed E-state index contributed by atoms with van der Waals surface area (Å²) in [6, 6.07) is 13.1. The lowest BCUT2D eigenvalue weighted by Gasteiger charge is -2.15. The summed E-state index contributed by atoms with van der Waals surface area (Å²) in [5.41, 5.74) is 1.01. The van der Waals surface area contributed by atoms with Crippen molar-refractivity contribution in [2.45, 2.75) is 19.3 Å². The van der Waals surface area contributed by atoms with E-state index < -0.39 is 36.3 Å². The summed E-state index contributed by atoms with van der Waals surface area (Å²) in [4.78, 5) is 48.4. The summed E-state index contributed by atoms with van der Waals surface area (Å²) in [7, 11) is 2.41. The SMILES string of the molecule is CC[C@H](C(=O)OCC(=O)Nc1cc(C(=O)OC)ccc1C(=O)OC)c1ccccc1. The molecular weight excluding hydrogens is 390 g/mol. The summed E-state index contributed by atoms with van der Waals surface area (Å²) in [6.07, 6.45) is 0.512. The number of hydrogen-bond acceptors (Lipinski definition) is 7. The van der Waals surface area contributed by atoms with E-state index in [2.05, 4.69) is 14.8 Å². The molecule has 0 bridgehead atoms. The standard InChI is InChI=1S/C22H23NO7/c1-4-16(14-8-6-5-7-9-14)22(27)30-13-19(24)23-18-12-15(20(25)28-2)10-11-17(18)21(26)29-3/h5-12,16H,4,13H2,1-3H3,(H,23,24)/t16-/m0/s1. The number of ether oxygens (including phenoxy) is 3. The predicted molar refractivity (Wildman–Crippen MR) is 108 cm³/mol. The molecule has 0 aliphatic rings. The molecule has 30 heavy (non-hydrogen) atoms. The van der Waals surface area contributed by atoms with E-state index in [1.54, 1.807) is 0 Å². The minimum absolute atomic E-state index is 0.0422. The molecule has 1 atom stereocenters. The monoisotopic (exact) mass is 413 g/mol. The fraction of sp³-hybridized carbons (Fsp3) is 0.273. The van der Waals surface area contributed by atoms with Crippen molar-refractivity contribution in [1.29, 1.82) is 0 Å². The van der Waals surface area contributed by atoms with Gasteiger partial charge in [-0.1, -0.05) is 37.3 Å². The zero-order valence-electron chi connectivity index (χ0n) is 17.0. The molecule has 1 N–H and O–H groups in total. The van der Waals surface area contributed by atoms with Crippen LogP contribution in [-0.2, 0) is 23.8 Å². The second-order valence-corrected chi connectivity index (χ2v) is 6.27. The number of nitrogens with one attached hydrogen (secondary N) is 1. The molecule has 0 radical (unpaired) electrons. The first kappa shape index (κ1) is 22.6. The smallest absolute Gasteiger partial charge is 0.339 e. The third-order valence-corrected chi connectivity index (χ3v) is 4.36. The Balaban J connectivity index is 2.10. The lowest BCUT2D eigenvalue weighted by atomic mass is 9.97. The van der Waals surface area contributed by atoms with Crippen molar-refractivity contribution in [3.05, 3.63) is 65.2 Å². The van der Waals surface area contributed by atoms with Gasteiger partial charge in [-0.15, -0.1) is 0 Å². The zero-order valence-corrected chi connectivity index (χ0v) is 17.0. The number of anilines is 1. The third kappa shape index (κ3) is 5.66. The molecule has 0 saturated heterocycles. The Bertz CT molecular complexity index is 924. The van der Waals surface area contributed by atoms with E-state index in [9.17, 15) is 19.2 Å². The number of carbonyl (C=O) groups excluding carboxylic acids is 4. The van der Waals surface area contributed by atoms with Crippen molar-refractivity contribution in [3.63, 3.8) is 0 Å². The third-order valence-electron chi connectivity index (χ3n) is 4.36. The Morgan fingerprint density at radius 2 is 1.60 bits per heavy atom. The van der Waals surface area contributed by atoms with Gasteiger partial charge in [0.15, 0.2) is 6.61 Å². The molecule has 8 heteroatoms. The van der Waals surface area contributed by atoms with E-state index in [4.69, 9.17) is 4.74 Å². The van der Waals surface area contributed by atoms with Gasteiger partial charge in [-0.3, -0.25) is 9.59 Å². The summed E-state index contributed by atoms with van der Waals surface area (Å²) in [5, 5.41) is 2.47. The molecule has 0 aliphatic heterocycles. The van der Waals surface area contributed by atoms with Gasteiger partial charge in [-0.2, -0.15) is 0 Å². The van der Waals surface area contributed by atoms with Gasteiger partial charge in [0.25, 0.3) is 5.91 Å². The Morgan fingerprint density at radius 3 is 2.20 bits per heavy atom. The second-order valence-electron chi connectivity index (χ2n) is 6.27. The van der Waals surface area contributed by atoms with E-state index in [1.165, 1.54) is 32.4 Å². The van der Waals surface area contributed by atoms with Gasteiger partial charge in [-0.25, -0.2) is 9.59 Å². The molecule has 0 aliphatic carbocycles. The predicted octanol–water partition coefficient (Wildman–Crippen LogP) is 2.94. The molecule has 2 aromatic carbocycles. The van der Waals surface area contributed by atoms with Crippen LogP contribution in [0.15, 0.2) is 48.5 Å². The summed E-state index contributed by atoms with van der Waals surface area (Å²) >= 11 is 0. The zero-order chi connectivity index (χ0) is 22.1. The fourth-order valence-electron chi connectivity index (χ4n) is 2.83. The Labute approximate surface area is 174 Å². The van der Waals surface area contributed by atoms with Gasteiger partial charge in [0.1, 0.15) is 0 Å². The van der Waals surface area contributed by atoms with Crippen molar-refractivity contribution >= 4 is 29.5 Å². The maximum absolute atomic E-state index is 12.4. The highest BCUT2D eigenvalue weighted by Crippen LogP contribution is 2.22. The normalized spacial score (nSPS) is 11.2. The number of carbonyl (C=O) groups is 4. The Morgan fingerprint density at radius 1 is 0.933 bits per heavy atom. The van der Waals surface area contributed by atoms with E-state index in [0.717, 1.165) is 5.56 Å². The van der Waals surface area contributed by atoms with Crippen LogP contribution in [0.2, 0.25) is 0 Å². The quantitative estimate of drug-likeness (QED) is 0.524. The van der Waals surface area contributed by atoms with Crippen molar-refractivity contribution in [1.82, 2.24) is 0 Å². The highest BCUT2D eigenvalue weighted by Gasteiger charge is 2.22. The minimum Gasteiger partial charge on any atom is -0.465 e. The van der Waals surface area contributed by atoms with Crippen LogP contribution in [0, 0.1) is 0 Å². The van der Waals surface area contributed by atoms with Crippen LogP contribution in [0.3, 0.4) is 0 Å². The van der Waals surface area contributed by atoms with Gasteiger partial charge < -0.3 is 19.5 Å². The van der Waals surface area contributed by atoms with Crippen molar-refractivity contribution in [3.8, 4) is 0 Å². The van der Waals surface area contributed by atoms with E-state index in [0.29, 0.717) is 6.42 Å². The second kappa shape index (κ2) is 10.8. The number of esters is 3. The van der Waals surface area contributed by atoms with Crippen LogP contribution < -0.4 is 5.32 Å². The lowest BCUT2D eigenvalue weighted by molar-refractivity contribution is -0.149. The van der Waals surface area contributed by atoms with Gasteiger partial charge in [0.05, 0.1) is 37.0 Å². The topological polar surface area (TPSA) is 108 Å². The van der Waals surface area contributed by atoms with Gasteiger partial charge in [0.2, 0.25) is 0 Å². The molecule has 0 heterocycles. The molecule has 1 amide bonds. The average Bonchev–Trinajstić information content (AvgIpc) is 2.77. The van der Waals surface area contributed by atoms with Gasteiger partial charge in [-0.05, 0) is 30.2 Å². The number of amides is 1. The summed E-state index contributed by atoms with van der Waals surface area (Å²) in [6.45, 7) is 1.30. The molecule has 0 saturated carbocycles. The average molecular weight is 413 g/mol. The molecule has 8 nitrogen and oxygen atoms in total. The van der Waals surface area contributed by atoms with Crippen LogP contribution in [0.4, 0.5) is 5.69 Å². The molecule has 0 spiro atoms. The lowest BCUT2D eigenvalue weighted by Crippen LogP contribution is -2.25. The maximum atomic E-state index is 12.4. The highest BCUT2D eigenvalue weighted by atomic mass is 16.5. The van der Waals surface area contributed by atoms with E-state index in [1.807, 2.05) is 37.3 Å². The van der Waals surface area contributed by atoms with Crippen LogP contribution in [0.5, 0.6) is 0 Å². The van der Waals surface area contributed by atoms with E-state index >= 15 is 0 Å². The number of benzene rings is 2. The number of methoxy groups -OCH3 is 2. The number of hydrogen-bond donors (Lipinski definition) is 1. The van der Waals surface area contributed by atoms with Crippen LogP contribution >= 0.6 is 0 Å². The van der Waals surface area contributed by atoms with Crippen LogP contribution in [-0.4, -0.2) is 44.6 Å². The van der Waals surface area contributed by atoms with Crippen LogP contribution in [0.25, 0.3) is 0 Å². The number of rotatable bonds is 8. The van der Waals surface area contributed by atoms with Crippen LogP contribution in [0.1, 0.15) is 45.5 Å². The van der Waals surface area contributed by atoms with E-state index in [-0.39, 0.29) is 16.8 Å². The van der Waals surface area contributed by atoms with Crippen molar-refractivity contribution in [2.75, 3.05) is 26.1 Å². The summed E-state index contributed by atoms with van der Waals surface area (Å²) in [5.74, 6) is -3.03. The first-order valence-corrected chi connectivity index (χ1v) is 9.23. The highest BCUT2D eigenvalue weighted by molar-refractivity contribution is 6.04. The Hall–Kier alpha value is -3.68. The molecule has 0 aromatic heterocycles. The van der Waals surface area contributed by atoms with Crippen molar-refractivity contribution < 1.29 is 33.4 Å². The largest absolute Gasteiger partial charge is 0.465 e. The first-order valence-electron chi connectivity index (χ1n) is 9.23. The van der Waals surface area contributed by atoms with Crippen molar-refractivity contribution in [2.24, 2.45) is 0 Å². The fourth-order valence-corrected chi connectivity index (χ4v) is 2.83.